The SMILES string of the molecule is O=C(NN1CCCCC1)c1cc(F)c(F)c(F)c1. The van der Waals surface area contributed by atoms with Crippen LogP contribution in [0.1, 0.15) is 29.6 Å². The summed E-state index contributed by atoms with van der Waals surface area (Å²) in [6.45, 7) is 1.41. The van der Waals surface area contributed by atoms with E-state index in [0.29, 0.717) is 25.2 Å². The molecule has 1 aromatic carbocycles. The summed E-state index contributed by atoms with van der Waals surface area (Å²) in [7, 11) is 0. The van der Waals surface area contributed by atoms with E-state index in [1.165, 1.54) is 0 Å². The van der Waals surface area contributed by atoms with Crippen molar-refractivity contribution in [3.05, 3.63) is 35.1 Å². The minimum Gasteiger partial charge on any atom is -0.285 e. The molecule has 1 aliphatic heterocycles. The van der Waals surface area contributed by atoms with Gasteiger partial charge in [-0.25, -0.2) is 18.2 Å². The van der Waals surface area contributed by atoms with Crippen molar-refractivity contribution in [2.24, 2.45) is 0 Å². The molecule has 1 aliphatic rings. The Morgan fingerprint density at radius 2 is 1.61 bits per heavy atom. The van der Waals surface area contributed by atoms with Gasteiger partial charge in [-0.1, -0.05) is 6.42 Å². The maximum Gasteiger partial charge on any atom is 0.265 e. The van der Waals surface area contributed by atoms with Gasteiger partial charge in [0.2, 0.25) is 0 Å². The second-order valence-electron chi connectivity index (χ2n) is 4.24. The molecule has 98 valence electrons. The van der Waals surface area contributed by atoms with Gasteiger partial charge in [-0.2, -0.15) is 0 Å². The lowest BCUT2D eigenvalue weighted by Crippen LogP contribution is -2.45. The van der Waals surface area contributed by atoms with Crippen LogP contribution in [0.2, 0.25) is 0 Å². The first-order valence-corrected chi connectivity index (χ1v) is 5.78. The number of rotatable bonds is 2. The van der Waals surface area contributed by atoms with Crippen LogP contribution in [0.15, 0.2) is 12.1 Å². The highest BCUT2D eigenvalue weighted by atomic mass is 19.2. The quantitative estimate of drug-likeness (QED) is 0.825. The average molecular weight is 258 g/mol. The maximum atomic E-state index is 13.0. The molecule has 1 amide bonds. The minimum absolute atomic E-state index is 0.225. The Labute approximate surface area is 103 Å². The molecule has 0 atom stereocenters. The molecule has 0 aromatic heterocycles. The van der Waals surface area contributed by atoms with E-state index in [1.807, 2.05) is 0 Å². The van der Waals surface area contributed by atoms with Crippen molar-refractivity contribution in [1.29, 1.82) is 0 Å². The Bertz CT molecular complexity index is 436. The van der Waals surface area contributed by atoms with Crippen molar-refractivity contribution in [1.82, 2.24) is 10.4 Å². The molecule has 0 saturated carbocycles. The van der Waals surface area contributed by atoms with Crippen molar-refractivity contribution >= 4 is 5.91 Å². The van der Waals surface area contributed by atoms with E-state index in [-0.39, 0.29) is 5.56 Å². The van der Waals surface area contributed by atoms with E-state index in [4.69, 9.17) is 0 Å². The van der Waals surface area contributed by atoms with Gasteiger partial charge >= 0.3 is 0 Å². The molecule has 0 bridgehead atoms. The summed E-state index contributed by atoms with van der Waals surface area (Å²) in [4.78, 5) is 11.7. The lowest BCUT2D eigenvalue weighted by molar-refractivity contribution is 0.0749. The monoisotopic (exact) mass is 258 g/mol. The highest BCUT2D eigenvalue weighted by molar-refractivity contribution is 5.93. The second-order valence-corrected chi connectivity index (χ2v) is 4.24. The first-order valence-electron chi connectivity index (χ1n) is 5.78. The van der Waals surface area contributed by atoms with Gasteiger partial charge in [0.1, 0.15) is 0 Å². The third kappa shape index (κ3) is 2.81. The lowest BCUT2D eigenvalue weighted by atomic mass is 10.1. The molecule has 1 saturated heterocycles. The third-order valence-electron chi connectivity index (χ3n) is 2.86. The van der Waals surface area contributed by atoms with Gasteiger partial charge in [0, 0.05) is 18.7 Å². The normalized spacial score (nSPS) is 16.6. The number of piperidine rings is 1. The zero-order chi connectivity index (χ0) is 13.1. The summed E-state index contributed by atoms with van der Waals surface area (Å²) in [6.07, 6.45) is 3.03. The fraction of sp³-hybridized carbons (Fsp3) is 0.417. The number of amides is 1. The number of hydrogen-bond acceptors (Lipinski definition) is 2. The smallest absolute Gasteiger partial charge is 0.265 e. The number of hydrazine groups is 1. The summed E-state index contributed by atoms with van der Waals surface area (Å²) < 4.78 is 38.7. The number of halogens is 3. The number of carbonyl (C=O) groups is 1. The van der Waals surface area contributed by atoms with E-state index < -0.39 is 23.4 Å². The Morgan fingerprint density at radius 1 is 1.06 bits per heavy atom. The molecule has 1 N–H and O–H groups in total. The predicted octanol–water partition coefficient (Wildman–Crippen LogP) is 2.23. The molecule has 0 unspecified atom stereocenters. The number of hydrogen-bond donors (Lipinski definition) is 1. The van der Waals surface area contributed by atoms with Gasteiger partial charge in [-0.15, -0.1) is 0 Å². The molecular formula is C12H13F3N2O. The van der Waals surface area contributed by atoms with Crippen LogP contribution in [-0.2, 0) is 0 Å². The number of carbonyl (C=O) groups excluding carboxylic acids is 1. The third-order valence-corrected chi connectivity index (χ3v) is 2.86. The van der Waals surface area contributed by atoms with Crippen LogP contribution in [0.5, 0.6) is 0 Å². The topological polar surface area (TPSA) is 32.3 Å². The van der Waals surface area contributed by atoms with Gasteiger partial charge in [0.15, 0.2) is 17.5 Å². The van der Waals surface area contributed by atoms with E-state index in [1.54, 1.807) is 5.01 Å². The average Bonchev–Trinajstić information content (AvgIpc) is 2.36. The zero-order valence-corrected chi connectivity index (χ0v) is 9.68. The van der Waals surface area contributed by atoms with Crippen LogP contribution in [-0.4, -0.2) is 24.0 Å². The van der Waals surface area contributed by atoms with Crippen LogP contribution in [0.4, 0.5) is 13.2 Å². The summed E-state index contributed by atoms with van der Waals surface area (Å²) >= 11 is 0. The van der Waals surface area contributed by atoms with Crippen molar-refractivity contribution in [2.45, 2.75) is 19.3 Å². The molecule has 3 nitrogen and oxygen atoms in total. The molecule has 0 aliphatic carbocycles. The first kappa shape index (κ1) is 12.9. The van der Waals surface area contributed by atoms with E-state index in [9.17, 15) is 18.0 Å². The fourth-order valence-corrected chi connectivity index (χ4v) is 1.90. The standard InChI is InChI=1S/C12H13F3N2O/c13-9-6-8(7-10(14)11(9)15)12(18)16-17-4-2-1-3-5-17/h6-7H,1-5H2,(H,16,18). The molecule has 1 fully saturated rings. The summed E-state index contributed by atoms with van der Waals surface area (Å²) in [5.41, 5.74) is 2.32. The predicted molar refractivity (Wildman–Crippen MR) is 59.2 cm³/mol. The lowest BCUT2D eigenvalue weighted by Gasteiger charge is -2.26. The number of nitrogens with one attached hydrogen (secondary N) is 1. The molecule has 6 heteroatoms. The second kappa shape index (κ2) is 5.39. The minimum atomic E-state index is -1.57. The highest BCUT2D eigenvalue weighted by Crippen LogP contribution is 2.14. The van der Waals surface area contributed by atoms with Gasteiger partial charge in [0.25, 0.3) is 5.91 Å². The summed E-state index contributed by atoms with van der Waals surface area (Å²) in [6, 6.07) is 1.38. The van der Waals surface area contributed by atoms with Crippen LogP contribution in [0.3, 0.4) is 0 Å². The fourth-order valence-electron chi connectivity index (χ4n) is 1.90. The van der Waals surface area contributed by atoms with Gasteiger partial charge in [-0.3, -0.25) is 10.2 Å². The first-order chi connectivity index (χ1) is 8.58. The van der Waals surface area contributed by atoms with E-state index in [0.717, 1.165) is 19.3 Å². The number of benzene rings is 1. The van der Waals surface area contributed by atoms with Crippen LogP contribution in [0.25, 0.3) is 0 Å². The van der Waals surface area contributed by atoms with Crippen LogP contribution < -0.4 is 5.43 Å². The van der Waals surface area contributed by atoms with Gasteiger partial charge in [0.05, 0.1) is 0 Å². The van der Waals surface area contributed by atoms with Crippen molar-refractivity contribution < 1.29 is 18.0 Å². The molecule has 1 heterocycles. The van der Waals surface area contributed by atoms with Crippen molar-refractivity contribution in [3.63, 3.8) is 0 Å². The Morgan fingerprint density at radius 3 is 2.17 bits per heavy atom. The summed E-state index contributed by atoms with van der Waals surface area (Å²) in [5, 5.41) is 1.70. The highest BCUT2D eigenvalue weighted by Gasteiger charge is 2.18. The van der Waals surface area contributed by atoms with Crippen LogP contribution >= 0.6 is 0 Å². The Balaban J connectivity index is 2.08. The Kier molecular flexibility index (Phi) is 3.86. The molecular weight excluding hydrogens is 245 g/mol. The zero-order valence-electron chi connectivity index (χ0n) is 9.68. The molecule has 2 rings (SSSR count). The summed E-state index contributed by atoms with van der Waals surface area (Å²) in [5.74, 6) is -4.92. The maximum absolute atomic E-state index is 13.0. The van der Waals surface area contributed by atoms with Crippen molar-refractivity contribution in [3.8, 4) is 0 Å². The van der Waals surface area contributed by atoms with E-state index in [2.05, 4.69) is 5.43 Å². The molecule has 0 radical (unpaired) electrons. The molecule has 1 aromatic rings. The van der Waals surface area contributed by atoms with Gasteiger partial charge < -0.3 is 0 Å². The largest absolute Gasteiger partial charge is 0.285 e. The number of nitrogens with zero attached hydrogens (tertiary/aromatic N) is 1. The van der Waals surface area contributed by atoms with Crippen LogP contribution in [0, 0.1) is 17.5 Å². The van der Waals surface area contributed by atoms with E-state index >= 15 is 0 Å². The van der Waals surface area contributed by atoms with Crippen molar-refractivity contribution in [2.75, 3.05) is 13.1 Å². The Hall–Kier alpha value is -1.56. The molecule has 0 spiro atoms. The molecule has 18 heavy (non-hydrogen) atoms. The van der Waals surface area contributed by atoms with Gasteiger partial charge in [-0.05, 0) is 25.0 Å².